The van der Waals surface area contributed by atoms with Gasteiger partial charge in [-0.2, -0.15) is 0 Å². The SMILES string of the molecule is COc1ccc([Si](C)(C)[C@H]2[C@H](CCn3cc(CCO)nn3)O[C@@]3(C(=O)N(C/C=C(\C)CCC=C(C)C)c4ccc(N5CN(c6ccccc6)C6(CCNCC6)C5=O)cc43)[C@@H]2C)cc1. The molecule has 4 aliphatic heterocycles. The van der Waals surface area contributed by atoms with Crippen molar-refractivity contribution in [1.82, 2.24) is 20.3 Å². The molecule has 4 aromatic rings. The molecule has 2 spiro atoms. The third-order valence-electron chi connectivity index (χ3n) is 14.4. The number of nitrogens with zero attached hydrogens (tertiary/aromatic N) is 6. The number of hydrogen-bond acceptors (Lipinski definition) is 9. The molecule has 3 saturated heterocycles. The van der Waals surface area contributed by atoms with Crippen LogP contribution in [0.3, 0.4) is 0 Å². The number of aliphatic hydroxyl groups is 1. The third kappa shape index (κ3) is 8.17. The zero-order valence-corrected chi connectivity index (χ0v) is 39.1. The van der Waals surface area contributed by atoms with E-state index in [9.17, 15) is 9.90 Å². The summed E-state index contributed by atoms with van der Waals surface area (Å²) in [5, 5.41) is 23.0. The lowest BCUT2D eigenvalue weighted by Gasteiger charge is -2.39. The standard InChI is InChI=1S/C50H65N7O5Si/c1-35(2)12-11-13-36(3)22-30-55-44-21-16-40(56-34-57(39-14-9-8-10-15-39)49(47(56)59)25-27-51-28-26-49)32-43(44)50(48(55)60)37(4)46(63(6,7)42-19-17-41(61-5)18-20-42)45(62-50)23-29-54-33-38(24-31-58)52-53-54/h8-10,12,14-22,32-33,37,45-46,51,58H,11,13,23-31,34H2,1-7H3/b36-22+/t37-,45+,46-,50+/m1/s1. The van der Waals surface area contributed by atoms with Gasteiger partial charge in [0.05, 0.1) is 39.3 Å². The van der Waals surface area contributed by atoms with Crippen molar-refractivity contribution in [2.45, 2.75) is 109 Å². The first-order chi connectivity index (χ1) is 30.3. The zero-order chi connectivity index (χ0) is 44.5. The van der Waals surface area contributed by atoms with Gasteiger partial charge in [-0.25, -0.2) is 0 Å². The number of piperidine rings is 1. The number of carbonyl (C=O) groups is 2. The minimum atomic E-state index is -2.43. The zero-order valence-electron chi connectivity index (χ0n) is 38.1. The summed E-state index contributed by atoms with van der Waals surface area (Å²) in [7, 11) is -0.744. The Labute approximate surface area is 373 Å². The van der Waals surface area contributed by atoms with Gasteiger partial charge in [0, 0.05) is 55.2 Å². The van der Waals surface area contributed by atoms with E-state index in [1.54, 1.807) is 7.11 Å². The molecule has 0 saturated carbocycles. The smallest absolute Gasteiger partial charge is 0.264 e. The number of aromatic nitrogens is 3. The van der Waals surface area contributed by atoms with E-state index in [2.05, 4.69) is 110 Å². The number of rotatable bonds is 15. The fourth-order valence-corrected chi connectivity index (χ4v) is 15.0. The topological polar surface area (TPSA) is 125 Å². The van der Waals surface area contributed by atoms with Crippen LogP contribution < -0.4 is 29.9 Å². The second-order valence-corrected chi connectivity index (χ2v) is 23.5. The van der Waals surface area contributed by atoms with E-state index in [0.29, 0.717) is 45.4 Å². The predicted octanol–water partition coefficient (Wildman–Crippen LogP) is 7.10. The van der Waals surface area contributed by atoms with Crippen molar-refractivity contribution in [3.8, 4) is 5.75 Å². The lowest BCUT2D eigenvalue weighted by Crippen LogP contribution is -2.55. The molecule has 334 valence electrons. The van der Waals surface area contributed by atoms with Crippen LogP contribution in [0, 0.1) is 5.92 Å². The van der Waals surface area contributed by atoms with E-state index in [4.69, 9.17) is 9.47 Å². The number of allylic oxidation sites excluding steroid dienone is 3. The van der Waals surface area contributed by atoms with Crippen LogP contribution >= 0.6 is 0 Å². The van der Waals surface area contributed by atoms with Crippen molar-refractivity contribution in [2.75, 3.05) is 54.7 Å². The second-order valence-electron chi connectivity index (χ2n) is 18.8. The molecule has 3 fully saturated rings. The molecule has 0 aliphatic carbocycles. The summed E-state index contributed by atoms with van der Waals surface area (Å²) >= 11 is 0. The molecule has 2 amide bonds. The molecule has 4 atom stereocenters. The van der Waals surface area contributed by atoms with E-state index in [0.717, 1.165) is 60.0 Å². The van der Waals surface area contributed by atoms with E-state index >= 15 is 4.79 Å². The summed E-state index contributed by atoms with van der Waals surface area (Å²) in [4.78, 5) is 36.8. The molecule has 3 aromatic carbocycles. The Bertz CT molecular complexity index is 2340. The van der Waals surface area contributed by atoms with Crippen molar-refractivity contribution in [3.05, 3.63) is 114 Å². The number of benzene rings is 3. The summed E-state index contributed by atoms with van der Waals surface area (Å²) in [5.41, 5.74) is 4.79. The maximum absolute atomic E-state index is 15.7. The van der Waals surface area contributed by atoms with Gasteiger partial charge in [-0.3, -0.25) is 19.2 Å². The fourth-order valence-electron chi connectivity index (χ4n) is 11.0. The van der Waals surface area contributed by atoms with Gasteiger partial charge in [0.15, 0.2) is 5.60 Å². The van der Waals surface area contributed by atoms with Crippen molar-refractivity contribution in [2.24, 2.45) is 5.92 Å². The number of fused-ring (bicyclic) bond motifs is 2. The van der Waals surface area contributed by atoms with Crippen molar-refractivity contribution in [1.29, 1.82) is 0 Å². The number of ether oxygens (including phenoxy) is 2. The van der Waals surface area contributed by atoms with Crippen LogP contribution in [0.1, 0.15) is 71.1 Å². The predicted molar refractivity (Wildman–Crippen MR) is 252 cm³/mol. The highest BCUT2D eigenvalue weighted by Gasteiger charge is 2.66. The Kier molecular flexibility index (Phi) is 12.9. The number of aliphatic hydroxyl groups excluding tert-OH is 1. The first-order valence-electron chi connectivity index (χ1n) is 22.8. The van der Waals surface area contributed by atoms with Crippen LogP contribution in [0.15, 0.2) is 102 Å². The van der Waals surface area contributed by atoms with E-state index in [-0.39, 0.29) is 36.0 Å². The van der Waals surface area contributed by atoms with E-state index < -0.39 is 19.2 Å². The molecule has 63 heavy (non-hydrogen) atoms. The summed E-state index contributed by atoms with van der Waals surface area (Å²) in [5.74, 6) is 0.627. The number of carbonyl (C=O) groups excluding carboxylic acids is 2. The Balaban J connectivity index is 1.22. The van der Waals surface area contributed by atoms with Crippen LogP contribution in [-0.2, 0) is 32.9 Å². The lowest BCUT2D eigenvalue weighted by molar-refractivity contribution is -0.145. The molecule has 1 aromatic heterocycles. The average molecular weight is 872 g/mol. The fraction of sp³-hybridized carbons (Fsp3) is 0.480. The number of nitrogens with one attached hydrogen (secondary N) is 1. The Morgan fingerprint density at radius 2 is 1.73 bits per heavy atom. The average Bonchev–Trinajstić information content (AvgIpc) is 4.00. The number of aryl methyl sites for hydroxylation is 1. The molecular formula is C50H65N7O5Si. The summed E-state index contributed by atoms with van der Waals surface area (Å²) in [6.07, 6.45) is 10.4. The number of methoxy groups -OCH3 is 1. The molecule has 4 aliphatic rings. The van der Waals surface area contributed by atoms with Crippen molar-refractivity contribution in [3.63, 3.8) is 0 Å². The maximum Gasteiger partial charge on any atom is 0.264 e. The quantitative estimate of drug-likeness (QED) is 0.0952. The molecule has 0 radical (unpaired) electrons. The normalized spacial score (nSPS) is 23.3. The minimum absolute atomic E-state index is 0.00384. The molecule has 0 bridgehead atoms. The second kappa shape index (κ2) is 18.2. The van der Waals surface area contributed by atoms with Gasteiger partial charge in [0.25, 0.3) is 11.8 Å². The van der Waals surface area contributed by atoms with Gasteiger partial charge >= 0.3 is 0 Å². The molecule has 8 rings (SSSR count). The first-order valence-corrected chi connectivity index (χ1v) is 25.8. The molecule has 2 N–H and O–H groups in total. The van der Waals surface area contributed by atoms with Gasteiger partial charge in [-0.1, -0.05) is 84.0 Å². The van der Waals surface area contributed by atoms with E-state index in [1.807, 2.05) is 57.1 Å². The molecular weight excluding hydrogens is 807 g/mol. The summed E-state index contributed by atoms with van der Waals surface area (Å²) < 4.78 is 14.9. The van der Waals surface area contributed by atoms with Gasteiger partial charge < -0.3 is 29.7 Å². The number of para-hydroxylation sites is 1. The number of amides is 2. The van der Waals surface area contributed by atoms with Crippen LogP contribution in [0.5, 0.6) is 5.75 Å². The summed E-state index contributed by atoms with van der Waals surface area (Å²) in [6.45, 7) is 16.3. The molecule has 5 heterocycles. The number of anilines is 3. The third-order valence-corrected chi connectivity index (χ3v) is 18.7. The molecule has 0 unspecified atom stereocenters. The minimum Gasteiger partial charge on any atom is -0.497 e. The Hall–Kier alpha value is -5.08. The van der Waals surface area contributed by atoms with Crippen molar-refractivity contribution >= 4 is 42.1 Å². The lowest BCUT2D eigenvalue weighted by atomic mass is 9.82. The molecule has 13 heteroatoms. The maximum atomic E-state index is 15.7. The highest BCUT2D eigenvalue weighted by Crippen LogP contribution is 2.60. The van der Waals surface area contributed by atoms with Gasteiger partial charge in [-0.15, -0.1) is 5.10 Å². The highest BCUT2D eigenvalue weighted by atomic mass is 28.3. The van der Waals surface area contributed by atoms with Gasteiger partial charge in [-0.05, 0) is 114 Å². The first kappa shape index (κ1) is 44.5. The van der Waals surface area contributed by atoms with Gasteiger partial charge in [0.2, 0.25) is 0 Å². The monoisotopic (exact) mass is 871 g/mol. The Morgan fingerprint density at radius 1 is 0.984 bits per heavy atom. The molecule has 12 nitrogen and oxygen atoms in total. The van der Waals surface area contributed by atoms with Gasteiger partial charge in [0.1, 0.15) is 11.3 Å². The van der Waals surface area contributed by atoms with Crippen LogP contribution in [0.4, 0.5) is 17.1 Å². The van der Waals surface area contributed by atoms with E-state index in [1.165, 1.54) is 16.3 Å². The van der Waals surface area contributed by atoms with Crippen LogP contribution in [0.25, 0.3) is 0 Å². The highest BCUT2D eigenvalue weighted by molar-refractivity contribution is 6.91. The summed E-state index contributed by atoms with van der Waals surface area (Å²) in [6, 6.07) is 24.9. The van der Waals surface area contributed by atoms with Crippen LogP contribution in [-0.4, -0.2) is 91.7 Å². The largest absolute Gasteiger partial charge is 0.497 e. The Morgan fingerprint density at radius 3 is 2.43 bits per heavy atom. The van der Waals surface area contributed by atoms with Crippen LogP contribution in [0.2, 0.25) is 18.6 Å². The van der Waals surface area contributed by atoms with Crippen molar-refractivity contribution < 1.29 is 24.2 Å². The number of hydrogen-bond donors (Lipinski definition) is 2.